The summed E-state index contributed by atoms with van der Waals surface area (Å²) in [5.74, 6) is 0.543. The fourth-order valence-corrected chi connectivity index (χ4v) is 2.19. The van der Waals surface area contributed by atoms with Crippen LogP contribution in [0.3, 0.4) is 0 Å². The van der Waals surface area contributed by atoms with Crippen LogP contribution in [0, 0.1) is 12.8 Å². The molecule has 1 heterocycles. The van der Waals surface area contributed by atoms with Gasteiger partial charge in [-0.2, -0.15) is 0 Å². The minimum atomic E-state index is 0. The molecule has 1 aliphatic rings. The summed E-state index contributed by atoms with van der Waals surface area (Å²) in [6, 6.07) is 8.01. The summed E-state index contributed by atoms with van der Waals surface area (Å²) in [7, 11) is 0. The third kappa shape index (κ3) is 3.72. The first-order valence-electron chi connectivity index (χ1n) is 6.25. The van der Waals surface area contributed by atoms with Crippen LogP contribution in [-0.2, 0) is 0 Å². The van der Waals surface area contributed by atoms with E-state index in [9.17, 15) is 4.79 Å². The van der Waals surface area contributed by atoms with E-state index in [2.05, 4.69) is 17.6 Å². The zero-order valence-corrected chi connectivity index (χ0v) is 11.7. The van der Waals surface area contributed by atoms with Crippen molar-refractivity contribution < 1.29 is 4.79 Å². The van der Waals surface area contributed by atoms with Gasteiger partial charge in [-0.3, -0.25) is 4.79 Å². The number of piperidine rings is 1. The quantitative estimate of drug-likeness (QED) is 0.863. The molecule has 2 rings (SSSR count). The lowest BCUT2D eigenvalue weighted by Gasteiger charge is -2.30. The van der Waals surface area contributed by atoms with Gasteiger partial charge < -0.3 is 10.6 Å². The maximum atomic E-state index is 12.0. The third-order valence-electron chi connectivity index (χ3n) is 3.42. The fourth-order valence-electron chi connectivity index (χ4n) is 2.19. The smallest absolute Gasteiger partial charge is 0.251 e. The van der Waals surface area contributed by atoms with Crippen molar-refractivity contribution in [1.29, 1.82) is 0 Å². The van der Waals surface area contributed by atoms with Crippen molar-refractivity contribution in [2.75, 3.05) is 13.1 Å². The van der Waals surface area contributed by atoms with E-state index in [0.717, 1.165) is 25.1 Å². The van der Waals surface area contributed by atoms with E-state index in [1.54, 1.807) is 0 Å². The Bertz CT molecular complexity index is 391. The van der Waals surface area contributed by atoms with Gasteiger partial charge in [0.1, 0.15) is 0 Å². The van der Waals surface area contributed by atoms with Gasteiger partial charge in [-0.25, -0.2) is 0 Å². The van der Waals surface area contributed by atoms with Crippen molar-refractivity contribution in [2.45, 2.75) is 26.3 Å². The molecule has 3 nitrogen and oxygen atoms in total. The van der Waals surface area contributed by atoms with Crippen LogP contribution >= 0.6 is 12.4 Å². The third-order valence-corrected chi connectivity index (χ3v) is 3.42. The predicted octanol–water partition coefficient (Wildman–Crippen LogP) is 2.14. The van der Waals surface area contributed by atoms with Gasteiger partial charge in [0.25, 0.3) is 5.91 Å². The molecule has 1 fully saturated rings. The Kier molecular flexibility index (Phi) is 5.63. The summed E-state index contributed by atoms with van der Waals surface area (Å²) >= 11 is 0. The lowest BCUT2D eigenvalue weighted by Crippen LogP contribution is -2.48. The van der Waals surface area contributed by atoms with Crippen molar-refractivity contribution in [3.8, 4) is 0 Å². The number of nitrogens with one attached hydrogen (secondary N) is 2. The molecule has 1 aromatic carbocycles. The summed E-state index contributed by atoms with van der Waals surface area (Å²) in [5.41, 5.74) is 1.93. The van der Waals surface area contributed by atoms with Gasteiger partial charge in [-0.15, -0.1) is 12.4 Å². The fraction of sp³-hybridized carbons (Fsp3) is 0.500. The summed E-state index contributed by atoms with van der Waals surface area (Å²) in [4.78, 5) is 12.0. The number of hydrogen-bond acceptors (Lipinski definition) is 2. The number of benzene rings is 1. The van der Waals surface area contributed by atoms with Gasteiger partial charge in [-0.05, 0) is 44.5 Å². The monoisotopic (exact) mass is 268 g/mol. The minimum absolute atomic E-state index is 0. The first kappa shape index (κ1) is 15.0. The topological polar surface area (TPSA) is 41.1 Å². The second kappa shape index (κ2) is 6.76. The van der Waals surface area contributed by atoms with Crippen LogP contribution in [0.1, 0.15) is 29.3 Å². The molecule has 1 aliphatic heterocycles. The molecule has 1 aromatic rings. The zero-order valence-electron chi connectivity index (χ0n) is 10.9. The predicted molar refractivity (Wildman–Crippen MR) is 76.3 cm³/mol. The molecule has 2 unspecified atom stereocenters. The number of hydrogen-bond donors (Lipinski definition) is 2. The molecule has 2 N–H and O–H groups in total. The molecule has 0 saturated carbocycles. The van der Waals surface area contributed by atoms with Crippen molar-refractivity contribution in [2.24, 2.45) is 5.92 Å². The van der Waals surface area contributed by atoms with E-state index in [4.69, 9.17) is 0 Å². The molecule has 1 saturated heterocycles. The normalized spacial score (nSPS) is 23.0. The zero-order chi connectivity index (χ0) is 12.3. The number of aryl methyl sites for hydroxylation is 1. The molecule has 0 bridgehead atoms. The molecular weight excluding hydrogens is 248 g/mol. The highest BCUT2D eigenvalue weighted by molar-refractivity contribution is 5.94. The number of rotatable bonds is 2. The SMILES string of the molecule is Cc1ccc(C(=O)NC2CCNCC2C)cc1.Cl. The molecule has 2 atom stereocenters. The van der Waals surface area contributed by atoms with Gasteiger partial charge in [0, 0.05) is 11.6 Å². The van der Waals surface area contributed by atoms with Crippen LogP contribution in [0.25, 0.3) is 0 Å². The van der Waals surface area contributed by atoms with E-state index >= 15 is 0 Å². The van der Waals surface area contributed by atoms with Crippen LogP contribution in [0.15, 0.2) is 24.3 Å². The summed E-state index contributed by atoms with van der Waals surface area (Å²) in [6.45, 7) is 6.17. The highest BCUT2D eigenvalue weighted by atomic mass is 35.5. The maximum absolute atomic E-state index is 12.0. The number of carbonyl (C=O) groups is 1. The average molecular weight is 269 g/mol. The van der Waals surface area contributed by atoms with Gasteiger partial charge in [0.05, 0.1) is 0 Å². The highest BCUT2D eigenvalue weighted by Crippen LogP contribution is 2.11. The molecule has 0 radical (unpaired) electrons. The van der Waals surface area contributed by atoms with Crippen LogP contribution in [-0.4, -0.2) is 25.0 Å². The molecule has 0 spiro atoms. The summed E-state index contributed by atoms with van der Waals surface area (Å²) in [6.07, 6.45) is 1.01. The van der Waals surface area contributed by atoms with Crippen molar-refractivity contribution in [1.82, 2.24) is 10.6 Å². The Morgan fingerprint density at radius 2 is 2.00 bits per heavy atom. The summed E-state index contributed by atoms with van der Waals surface area (Å²) < 4.78 is 0. The molecule has 0 aliphatic carbocycles. The van der Waals surface area contributed by atoms with E-state index in [1.165, 1.54) is 5.56 Å². The standard InChI is InChI=1S/C14H20N2O.ClH/c1-10-3-5-12(6-4-10)14(17)16-13-7-8-15-9-11(13)2;/h3-6,11,13,15H,7-9H2,1-2H3,(H,16,17);1H. The molecule has 100 valence electrons. The second-order valence-electron chi connectivity index (χ2n) is 4.92. The Morgan fingerprint density at radius 3 is 2.61 bits per heavy atom. The number of halogens is 1. The van der Waals surface area contributed by atoms with Crippen LogP contribution in [0.4, 0.5) is 0 Å². The van der Waals surface area contributed by atoms with Crippen molar-refractivity contribution in [3.05, 3.63) is 35.4 Å². The van der Waals surface area contributed by atoms with Gasteiger partial charge in [0.2, 0.25) is 0 Å². The minimum Gasteiger partial charge on any atom is -0.349 e. The average Bonchev–Trinajstić information content (AvgIpc) is 2.33. The lowest BCUT2D eigenvalue weighted by molar-refractivity contribution is 0.0914. The molecule has 18 heavy (non-hydrogen) atoms. The van der Waals surface area contributed by atoms with Gasteiger partial charge in [0.15, 0.2) is 0 Å². The lowest BCUT2D eigenvalue weighted by atomic mass is 9.95. The Morgan fingerprint density at radius 1 is 1.33 bits per heavy atom. The molecule has 0 aromatic heterocycles. The number of amides is 1. The van der Waals surface area contributed by atoms with Crippen LogP contribution < -0.4 is 10.6 Å². The first-order chi connectivity index (χ1) is 8.16. The molecule has 1 amide bonds. The highest BCUT2D eigenvalue weighted by Gasteiger charge is 2.22. The second-order valence-corrected chi connectivity index (χ2v) is 4.92. The van der Waals surface area contributed by atoms with Crippen molar-refractivity contribution >= 4 is 18.3 Å². The number of carbonyl (C=O) groups excluding carboxylic acids is 1. The van der Waals surface area contributed by atoms with Gasteiger partial charge in [-0.1, -0.05) is 24.6 Å². The Labute approximate surface area is 115 Å². The summed E-state index contributed by atoms with van der Waals surface area (Å²) in [5, 5.41) is 6.46. The molecular formula is C14H21ClN2O. The Balaban J connectivity index is 0.00000162. The van der Waals surface area contributed by atoms with E-state index in [-0.39, 0.29) is 18.3 Å². The van der Waals surface area contributed by atoms with E-state index in [1.807, 2.05) is 31.2 Å². The molecule has 4 heteroatoms. The van der Waals surface area contributed by atoms with E-state index < -0.39 is 0 Å². The van der Waals surface area contributed by atoms with Crippen molar-refractivity contribution in [3.63, 3.8) is 0 Å². The van der Waals surface area contributed by atoms with Crippen LogP contribution in [0.5, 0.6) is 0 Å². The van der Waals surface area contributed by atoms with Crippen LogP contribution in [0.2, 0.25) is 0 Å². The maximum Gasteiger partial charge on any atom is 0.251 e. The largest absolute Gasteiger partial charge is 0.349 e. The first-order valence-corrected chi connectivity index (χ1v) is 6.25. The van der Waals surface area contributed by atoms with E-state index in [0.29, 0.717) is 12.0 Å². The Hall–Kier alpha value is -1.06. The van der Waals surface area contributed by atoms with Gasteiger partial charge >= 0.3 is 0 Å².